The van der Waals surface area contributed by atoms with Crippen LogP contribution in [0.3, 0.4) is 0 Å². The van der Waals surface area contributed by atoms with Crippen molar-refractivity contribution in [2.75, 3.05) is 20.1 Å². The minimum atomic E-state index is -0.0854. The lowest BCUT2D eigenvalue weighted by molar-refractivity contribution is -0.121. The maximum absolute atomic E-state index is 11.5. The van der Waals surface area contributed by atoms with Crippen LogP contribution in [-0.2, 0) is 11.3 Å². The van der Waals surface area contributed by atoms with Crippen LogP contribution in [-0.4, -0.2) is 46.0 Å². The molecule has 0 radical (unpaired) electrons. The molecule has 0 bridgehead atoms. The molecule has 130 valence electrons. The minimum absolute atomic E-state index is 0.0854. The number of amides is 1. The Kier molecular flexibility index (Phi) is 4.19. The van der Waals surface area contributed by atoms with E-state index in [1.807, 2.05) is 24.4 Å². The molecule has 2 N–H and O–H groups in total. The summed E-state index contributed by atoms with van der Waals surface area (Å²) in [4.78, 5) is 16.1. The van der Waals surface area contributed by atoms with E-state index in [0.717, 1.165) is 42.4 Å². The van der Waals surface area contributed by atoms with Crippen molar-refractivity contribution in [3.05, 3.63) is 30.3 Å². The van der Waals surface area contributed by atoms with Crippen molar-refractivity contribution in [2.45, 2.75) is 25.3 Å². The number of nitrogens with one attached hydrogen (secondary N) is 2. The highest BCUT2D eigenvalue weighted by atomic mass is 16.5. The summed E-state index contributed by atoms with van der Waals surface area (Å²) in [5, 5.41) is 15.5. The van der Waals surface area contributed by atoms with E-state index >= 15 is 0 Å². The van der Waals surface area contributed by atoms with Gasteiger partial charge in [-0.05, 0) is 32.0 Å². The molecule has 8 heteroatoms. The van der Waals surface area contributed by atoms with Crippen molar-refractivity contribution in [1.82, 2.24) is 30.6 Å². The van der Waals surface area contributed by atoms with Gasteiger partial charge in [0.15, 0.2) is 0 Å². The zero-order valence-electron chi connectivity index (χ0n) is 14.0. The quantitative estimate of drug-likeness (QED) is 0.743. The van der Waals surface area contributed by atoms with Gasteiger partial charge in [0, 0.05) is 30.1 Å². The fourth-order valence-corrected chi connectivity index (χ4v) is 3.10. The average Bonchev–Trinajstić information content (AvgIpc) is 3.28. The van der Waals surface area contributed by atoms with Crippen LogP contribution in [0.15, 0.2) is 28.9 Å². The second kappa shape index (κ2) is 6.64. The minimum Gasteiger partial charge on any atom is -0.358 e. The van der Waals surface area contributed by atoms with Gasteiger partial charge < -0.3 is 15.2 Å². The highest BCUT2D eigenvalue weighted by Crippen LogP contribution is 2.27. The molecule has 1 aliphatic heterocycles. The number of nitrogens with zero attached hydrogens (tertiary/aromatic N) is 4. The first-order valence-electron chi connectivity index (χ1n) is 8.45. The number of carbonyl (C=O) groups is 1. The van der Waals surface area contributed by atoms with Crippen molar-refractivity contribution in [3.63, 3.8) is 0 Å². The number of aromatic nitrogens is 4. The molecular formula is C17H20N6O2. The van der Waals surface area contributed by atoms with E-state index in [0.29, 0.717) is 17.6 Å². The van der Waals surface area contributed by atoms with Crippen LogP contribution < -0.4 is 10.6 Å². The molecule has 1 aromatic carbocycles. The van der Waals surface area contributed by atoms with Gasteiger partial charge in [-0.15, -0.1) is 0 Å². The van der Waals surface area contributed by atoms with Crippen molar-refractivity contribution in [2.24, 2.45) is 0 Å². The molecule has 1 amide bonds. The normalized spacial score (nSPS) is 15.6. The summed E-state index contributed by atoms with van der Waals surface area (Å²) in [6, 6.07) is 5.83. The van der Waals surface area contributed by atoms with Crippen LogP contribution in [0.25, 0.3) is 22.3 Å². The Hall–Kier alpha value is -2.74. The Balaban J connectivity index is 1.58. The zero-order valence-corrected chi connectivity index (χ0v) is 14.0. The smallest absolute Gasteiger partial charge is 0.241 e. The van der Waals surface area contributed by atoms with Gasteiger partial charge in [0.25, 0.3) is 0 Å². The van der Waals surface area contributed by atoms with Crippen LogP contribution >= 0.6 is 0 Å². The number of fused-ring (bicyclic) bond motifs is 1. The topological polar surface area (TPSA) is 97.9 Å². The Morgan fingerprint density at radius 2 is 2.24 bits per heavy atom. The van der Waals surface area contributed by atoms with Gasteiger partial charge in [0.05, 0.1) is 5.52 Å². The molecule has 8 nitrogen and oxygen atoms in total. The Morgan fingerprint density at radius 1 is 1.40 bits per heavy atom. The molecule has 3 heterocycles. The van der Waals surface area contributed by atoms with Gasteiger partial charge in [-0.3, -0.25) is 9.48 Å². The fourth-order valence-electron chi connectivity index (χ4n) is 3.10. The molecule has 1 saturated heterocycles. The van der Waals surface area contributed by atoms with Crippen molar-refractivity contribution in [1.29, 1.82) is 0 Å². The number of hydrogen-bond donors (Lipinski definition) is 2. The molecule has 0 unspecified atom stereocenters. The lowest BCUT2D eigenvalue weighted by atomic mass is 9.98. The fraction of sp³-hybridized carbons (Fsp3) is 0.412. The Labute approximate surface area is 144 Å². The lowest BCUT2D eigenvalue weighted by Crippen LogP contribution is -2.26. The first kappa shape index (κ1) is 15.8. The number of rotatable bonds is 4. The Morgan fingerprint density at radius 3 is 3.04 bits per heavy atom. The maximum Gasteiger partial charge on any atom is 0.241 e. The third-order valence-corrected chi connectivity index (χ3v) is 4.53. The number of carbonyl (C=O) groups excluding carboxylic acids is 1. The number of piperidine rings is 1. The SMILES string of the molecule is CNC(=O)Cn1cc2ccc(-c3noc(C4CCNCC4)n3)cc2n1. The molecular weight excluding hydrogens is 320 g/mol. The predicted octanol–water partition coefficient (Wildman–Crippen LogP) is 1.30. The van der Waals surface area contributed by atoms with Crippen LogP contribution in [0.5, 0.6) is 0 Å². The zero-order chi connectivity index (χ0) is 17.2. The van der Waals surface area contributed by atoms with E-state index in [2.05, 4.69) is 25.9 Å². The number of hydrogen-bond acceptors (Lipinski definition) is 6. The standard InChI is InChI=1S/C17H20N6O2/c1-18-15(24)10-23-9-13-3-2-12(8-14(13)21-23)16-20-17(25-22-16)11-4-6-19-7-5-11/h2-3,8-9,11,19H,4-7,10H2,1H3,(H,18,24). The Bertz CT molecular complexity index is 894. The van der Waals surface area contributed by atoms with Crippen molar-refractivity contribution in [3.8, 4) is 11.4 Å². The third kappa shape index (κ3) is 3.25. The van der Waals surface area contributed by atoms with Gasteiger partial charge in [-0.2, -0.15) is 10.1 Å². The van der Waals surface area contributed by atoms with E-state index in [1.54, 1.807) is 11.7 Å². The predicted molar refractivity (Wildman–Crippen MR) is 91.9 cm³/mol. The summed E-state index contributed by atoms with van der Waals surface area (Å²) in [6.07, 6.45) is 3.89. The molecule has 0 atom stereocenters. The van der Waals surface area contributed by atoms with E-state index in [9.17, 15) is 4.79 Å². The summed E-state index contributed by atoms with van der Waals surface area (Å²) in [5.41, 5.74) is 1.66. The summed E-state index contributed by atoms with van der Waals surface area (Å²) in [6.45, 7) is 2.16. The van der Waals surface area contributed by atoms with Crippen molar-refractivity contribution < 1.29 is 9.32 Å². The second-order valence-corrected chi connectivity index (χ2v) is 6.25. The summed E-state index contributed by atoms with van der Waals surface area (Å²) >= 11 is 0. The molecule has 4 rings (SSSR count). The van der Waals surface area contributed by atoms with Crippen molar-refractivity contribution >= 4 is 16.8 Å². The summed E-state index contributed by atoms with van der Waals surface area (Å²) in [7, 11) is 1.61. The molecule has 0 spiro atoms. The van der Waals surface area contributed by atoms with Gasteiger partial charge in [0.1, 0.15) is 6.54 Å². The van der Waals surface area contributed by atoms with Gasteiger partial charge >= 0.3 is 0 Å². The first-order chi connectivity index (χ1) is 12.2. The van der Waals surface area contributed by atoms with E-state index < -0.39 is 0 Å². The highest BCUT2D eigenvalue weighted by molar-refractivity contribution is 5.83. The van der Waals surface area contributed by atoms with Crippen LogP contribution in [0, 0.1) is 0 Å². The number of likely N-dealkylation sites (N-methyl/N-ethyl adjacent to an activating group) is 1. The maximum atomic E-state index is 11.5. The largest absolute Gasteiger partial charge is 0.358 e. The van der Waals surface area contributed by atoms with E-state index in [4.69, 9.17) is 4.52 Å². The monoisotopic (exact) mass is 340 g/mol. The third-order valence-electron chi connectivity index (χ3n) is 4.53. The molecule has 25 heavy (non-hydrogen) atoms. The molecule has 2 aromatic heterocycles. The molecule has 0 aliphatic carbocycles. The van der Waals surface area contributed by atoms with E-state index in [-0.39, 0.29) is 12.5 Å². The average molecular weight is 340 g/mol. The lowest BCUT2D eigenvalue weighted by Gasteiger charge is -2.18. The summed E-state index contributed by atoms with van der Waals surface area (Å²) < 4.78 is 7.10. The molecule has 1 aliphatic rings. The van der Waals surface area contributed by atoms with Crippen LogP contribution in [0.1, 0.15) is 24.7 Å². The molecule has 3 aromatic rings. The van der Waals surface area contributed by atoms with Gasteiger partial charge in [-0.1, -0.05) is 17.3 Å². The van der Waals surface area contributed by atoms with Crippen LogP contribution in [0.4, 0.5) is 0 Å². The highest BCUT2D eigenvalue weighted by Gasteiger charge is 2.21. The van der Waals surface area contributed by atoms with Gasteiger partial charge in [-0.25, -0.2) is 0 Å². The van der Waals surface area contributed by atoms with E-state index in [1.165, 1.54) is 0 Å². The molecule has 0 saturated carbocycles. The summed E-state index contributed by atoms with van der Waals surface area (Å²) in [5.74, 6) is 1.54. The van der Waals surface area contributed by atoms with Crippen LogP contribution in [0.2, 0.25) is 0 Å². The number of benzene rings is 1. The second-order valence-electron chi connectivity index (χ2n) is 6.25. The molecule has 1 fully saturated rings. The van der Waals surface area contributed by atoms with Gasteiger partial charge in [0.2, 0.25) is 17.6 Å². The first-order valence-corrected chi connectivity index (χ1v) is 8.45.